The molecule has 0 amide bonds. The third-order valence-corrected chi connectivity index (χ3v) is 4.30. The lowest BCUT2D eigenvalue weighted by Gasteiger charge is -2.13. The van der Waals surface area contributed by atoms with E-state index in [1.807, 2.05) is 91.0 Å². The van der Waals surface area contributed by atoms with E-state index >= 15 is 0 Å². The second-order valence-electron chi connectivity index (χ2n) is 5.94. The Balaban J connectivity index is 2.07. The van der Waals surface area contributed by atoms with Crippen molar-refractivity contribution in [2.45, 2.75) is 0 Å². The van der Waals surface area contributed by atoms with Crippen LogP contribution in [0.25, 0.3) is 33.6 Å². The van der Waals surface area contributed by atoms with E-state index in [1.165, 1.54) is 0 Å². The van der Waals surface area contributed by atoms with Crippen LogP contribution in [-0.4, -0.2) is 4.85 Å². The minimum absolute atomic E-state index is 0.319. The van der Waals surface area contributed by atoms with Crippen LogP contribution in [0.2, 0.25) is 0 Å². The van der Waals surface area contributed by atoms with Crippen molar-refractivity contribution in [1.29, 1.82) is 0 Å². The highest BCUT2D eigenvalue weighted by molar-refractivity contribution is 5.81. The van der Waals surface area contributed by atoms with Crippen molar-refractivity contribution < 1.29 is 4.54 Å². The minimum atomic E-state index is 0.319. The summed E-state index contributed by atoms with van der Waals surface area (Å²) in [5, 5.41) is 12.7. The van der Waals surface area contributed by atoms with Gasteiger partial charge >= 0.3 is 5.69 Å². The topological polar surface area (TPSA) is 51.0 Å². The summed E-state index contributed by atoms with van der Waals surface area (Å²) in [5.41, 5.74) is 3.66. The van der Waals surface area contributed by atoms with Crippen molar-refractivity contribution in [1.82, 2.24) is 4.85 Å². The molecule has 0 saturated heterocycles. The van der Waals surface area contributed by atoms with Crippen molar-refractivity contribution >= 4 is 0 Å². The van der Waals surface area contributed by atoms with E-state index in [2.05, 4.69) is 0 Å². The fourth-order valence-electron chi connectivity index (χ4n) is 3.05. The highest BCUT2D eigenvalue weighted by atomic mass is 16.5. The van der Waals surface area contributed by atoms with Gasteiger partial charge in [0.15, 0.2) is 4.54 Å². The standard InChI is InChI=1S/C22H16N2O2/c25-23-21(18-12-6-2-7-13-18)16-20(17-10-4-1-5-11-17)22(24(23)26)19-14-8-3-9-15-19/h1-16H. The molecule has 4 rings (SSSR count). The molecule has 0 N–H and O–H groups in total. The van der Waals surface area contributed by atoms with E-state index in [-0.39, 0.29) is 0 Å². The molecule has 0 spiro atoms. The number of hydrogen-bond acceptors (Lipinski definition) is 2. The predicted molar refractivity (Wildman–Crippen MR) is 103 cm³/mol. The number of rotatable bonds is 3. The van der Waals surface area contributed by atoms with Gasteiger partial charge in [0.05, 0.1) is 16.0 Å². The first-order chi connectivity index (χ1) is 12.8. The van der Waals surface area contributed by atoms with Gasteiger partial charge in [-0.15, -0.1) is 4.85 Å². The molecule has 0 aliphatic carbocycles. The Bertz CT molecular complexity index is 1090. The molecule has 4 nitrogen and oxygen atoms in total. The summed E-state index contributed by atoms with van der Waals surface area (Å²) in [6.07, 6.45) is 0. The van der Waals surface area contributed by atoms with Crippen molar-refractivity contribution in [2.75, 3.05) is 0 Å². The molecule has 126 valence electrons. The Morgan fingerprint density at radius 3 is 1.65 bits per heavy atom. The van der Waals surface area contributed by atoms with Crippen LogP contribution in [0.15, 0.2) is 97.1 Å². The van der Waals surface area contributed by atoms with Crippen LogP contribution in [0.3, 0.4) is 0 Å². The van der Waals surface area contributed by atoms with E-state index in [4.69, 9.17) is 0 Å². The molecule has 0 radical (unpaired) electrons. The van der Waals surface area contributed by atoms with Crippen molar-refractivity contribution in [3.63, 3.8) is 0 Å². The highest BCUT2D eigenvalue weighted by Crippen LogP contribution is 2.32. The number of hydrogen-bond donors (Lipinski definition) is 0. The molecule has 0 bridgehead atoms. The molecule has 1 heterocycles. The van der Waals surface area contributed by atoms with Crippen LogP contribution in [0, 0.1) is 10.1 Å². The van der Waals surface area contributed by atoms with Crippen LogP contribution in [0.5, 0.6) is 0 Å². The van der Waals surface area contributed by atoms with Gasteiger partial charge in [-0.2, -0.15) is 0 Å². The predicted octanol–water partition coefficient (Wildman–Crippen LogP) is 4.75. The summed E-state index contributed by atoms with van der Waals surface area (Å²) in [6.45, 7) is 0. The molecule has 0 aliphatic rings. The van der Waals surface area contributed by atoms with E-state index in [0.717, 1.165) is 11.1 Å². The molecule has 3 aromatic carbocycles. The third kappa shape index (κ3) is 2.78. The van der Waals surface area contributed by atoms with Crippen molar-refractivity contribution in [2.24, 2.45) is 0 Å². The van der Waals surface area contributed by atoms with Crippen molar-refractivity contribution in [3.05, 3.63) is 107 Å². The van der Waals surface area contributed by atoms with Crippen LogP contribution in [0.1, 0.15) is 0 Å². The average Bonchev–Trinajstić information content (AvgIpc) is 2.72. The zero-order valence-corrected chi connectivity index (χ0v) is 13.9. The van der Waals surface area contributed by atoms with Gasteiger partial charge in [0.2, 0.25) is 0 Å². The van der Waals surface area contributed by atoms with E-state index in [1.54, 1.807) is 6.07 Å². The van der Waals surface area contributed by atoms with Gasteiger partial charge in [-0.25, -0.2) is 0 Å². The number of nitrogens with zero attached hydrogens (tertiary/aromatic N) is 2. The number of aromatic nitrogens is 2. The zero-order chi connectivity index (χ0) is 17.9. The molecule has 1 aromatic heterocycles. The van der Waals surface area contributed by atoms with Crippen molar-refractivity contribution in [3.8, 4) is 33.6 Å². The van der Waals surface area contributed by atoms with Crippen LogP contribution >= 0.6 is 0 Å². The van der Waals surface area contributed by atoms with Gasteiger partial charge < -0.3 is 5.21 Å². The first kappa shape index (κ1) is 15.8. The molecule has 0 fully saturated rings. The summed E-state index contributed by atoms with van der Waals surface area (Å²) in [5.74, 6) is 0. The maximum Gasteiger partial charge on any atom is 0.307 e. The number of benzene rings is 3. The summed E-state index contributed by atoms with van der Waals surface area (Å²) in [6, 6.07) is 29.9. The van der Waals surface area contributed by atoms with Crippen LogP contribution in [0.4, 0.5) is 0 Å². The van der Waals surface area contributed by atoms with Gasteiger partial charge in [0, 0.05) is 5.56 Å². The second-order valence-corrected chi connectivity index (χ2v) is 5.94. The Labute approximate surface area is 150 Å². The quantitative estimate of drug-likeness (QED) is 0.505. The molecule has 0 saturated carbocycles. The molecule has 26 heavy (non-hydrogen) atoms. The van der Waals surface area contributed by atoms with Crippen LogP contribution < -0.4 is 4.54 Å². The first-order valence-corrected chi connectivity index (χ1v) is 8.32. The lowest BCUT2D eigenvalue weighted by Crippen LogP contribution is -2.32. The monoisotopic (exact) mass is 340 g/mol. The normalized spacial score (nSPS) is 10.6. The van der Waals surface area contributed by atoms with Gasteiger partial charge in [-0.1, -0.05) is 78.9 Å². The maximum atomic E-state index is 12.9. The molecular formula is C22H16N2O2. The minimum Gasteiger partial charge on any atom is -0.755 e. The van der Waals surface area contributed by atoms with E-state index in [9.17, 15) is 10.1 Å². The Morgan fingerprint density at radius 1 is 0.654 bits per heavy atom. The second kappa shape index (κ2) is 6.69. The van der Waals surface area contributed by atoms with Gasteiger partial charge in [0.25, 0.3) is 0 Å². The SMILES string of the molecule is O=[n+]1c(-c2ccccc2)c(-c2ccccc2)cc(-c2ccccc2)n1[O-]. The van der Waals surface area contributed by atoms with Gasteiger partial charge in [-0.05, 0) is 23.8 Å². The Hall–Kier alpha value is -3.66. The maximum absolute atomic E-state index is 12.9. The lowest BCUT2D eigenvalue weighted by atomic mass is 9.98. The molecule has 4 heteroatoms. The summed E-state index contributed by atoms with van der Waals surface area (Å²) in [4.78, 5) is 13.3. The van der Waals surface area contributed by atoms with Gasteiger partial charge in [-0.3, -0.25) is 0 Å². The largest absolute Gasteiger partial charge is 0.755 e. The fraction of sp³-hybridized carbons (Fsp3) is 0. The van der Waals surface area contributed by atoms with E-state index < -0.39 is 0 Å². The lowest BCUT2D eigenvalue weighted by molar-refractivity contribution is -0.574. The summed E-state index contributed by atoms with van der Waals surface area (Å²) >= 11 is 0. The Morgan fingerprint density at radius 2 is 1.12 bits per heavy atom. The molecule has 0 aliphatic heterocycles. The molecule has 4 aromatic rings. The first-order valence-electron chi connectivity index (χ1n) is 8.32. The van der Waals surface area contributed by atoms with Crippen LogP contribution in [-0.2, 0) is 0 Å². The molecular weight excluding hydrogens is 324 g/mol. The summed E-state index contributed by atoms with van der Waals surface area (Å²) in [7, 11) is 0. The average molecular weight is 340 g/mol. The smallest absolute Gasteiger partial charge is 0.307 e. The molecule has 0 unspecified atom stereocenters. The molecule has 0 atom stereocenters. The highest BCUT2D eigenvalue weighted by Gasteiger charge is 2.23. The summed E-state index contributed by atoms with van der Waals surface area (Å²) < 4.78 is 0.431. The third-order valence-electron chi connectivity index (χ3n) is 4.30. The Kier molecular flexibility index (Phi) is 4.07. The van der Waals surface area contributed by atoms with Gasteiger partial charge in [0.1, 0.15) is 5.69 Å². The van der Waals surface area contributed by atoms with E-state index in [0.29, 0.717) is 31.9 Å². The zero-order valence-electron chi connectivity index (χ0n) is 13.9. The fourth-order valence-corrected chi connectivity index (χ4v) is 3.05.